The first-order valence-electron chi connectivity index (χ1n) is 8.31. The van der Waals surface area contributed by atoms with Crippen molar-refractivity contribution < 1.29 is 5.11 Å². The second kappa shape index (κ2) is 6.13. The Morgan fingerprint density at radius 3 is 1.84 bits per heavy atom. The molecule has 1 unspecified atom stereocenters. The first kappa shape index (κ1) is 15.3. The lowest BCUT2D eigenvalue weighted by Gasteiger charge is -2.50. The molecular formula is C17H33NO. The molecule has 2 aliphatic carbocycles. The van der Waals surface area contributed by atoms with E-state index in [4.69, 9.17) is 0 Å². The maximum Gasteiger partial charge on any atom is 0.0751 e. The van der Waals surface area contributed by atoms with E-state index in [1.807, 2.05) is 0 Å². The predicted molar refractivity (Wildman–Crippen MR) is 81.2 cm³/mol. The van der Waals surface area contributed by atoms with Gasteiger partial charge in [-0.3, -0.25) is 0 Å². The maximum atomic E-state index is 11.1. The zero-order chi connectivity index (χ0) is 14.0. The Kier molecular flexibility index (Phi) is 4.94. The average Bonchev–Trinajstić information content (AvgIpc) is 2.39. The number of aliphatic hydroxyl groups excluding tert-OH is 1. The van der Waals surface area contributed by atoms with E-state index in [2.05, 4.69) is 32.8 Å². The standard InChI is InChI=1S/C17H33NO/c1-13-5-7-15(8-6-13)16(19)17(18(3)4)11-9-14(2)10-12-17/h13-16,19H,5-12H2,1-4H3. The van der Waals surface area contributed by atoms with Crippen molar-refractivity contribution in [2.24, 2.45) is 17.8 Å². The molecule has 0 bridgehead atoms. The summed E-state index contributed by atoms with van der Waals surface area (Å²) in [6.07, 6.45) is 9.85. The van der Waals surface area contributed by atoms with Crippen molar-refractivity contribution in [1.29, 1.82) is 0 Å². The van der Waals surface area contributed by atoms with Gasteiger partial charge in [0.25, 0.3) is 0 Å². The lowest BCUT2D eigenvalue weighted by molar-refractivity contribution is -0.0769. The summed E-state index contributed by atoms with van der Waals surface area (Å²) in [5.41, 5.74) is 0.0533. The number of aliphatic hydroxyl groups is 1. The molecule has 0 amide bonds. The quantitative estimate of drug-likeness (QED) is 0.843. The van der Waals surface area contributed by atoms with Gasteiger partial charge in [0.05, 0.1) is 6.10 Å². The third-order valence-electron chi connectivity index (χ3n) is 6.09. The molecule has 112 valence electrons. The van der Waals surface area contributed by atoms with Crippen molar-refractivity contribution in [2.45, 2.75) is 76.9 Å². The third-order valence-corrected chi connectivity index (χ3v) is 6.09. The van der Waals surface area contributed by atoms with Crippen molar-refractivity contribution in [3.05, 3.63) is 0 Å². The summed E-state index contributed by atoms with van der Waals surface area (Å²) >= 11 is 0. The molecular weight excluding hydrogens is 234 g/mol. The molecule has 0 saturated heterocycles. The van der Waals surface area contributed by atoms with Gasteiger partial charge in [0.2, 0.25) is 0 Å². The normalized spacial score (nSPS) is 42.3. The molecule has 2 saturated carbocycles. The van der Waals surface area contributed by atoms with Crippen LogP contribution in [0.3, 0.4) is 0 Å². The van der Waals surface area contributed by atoms with Crippen LogP contribution in [0.2, 0.25) is 0 Å². The van der Waals surface area contributed by atoms with Gasteiger partial charge in [0, 0.05) is 5.54 Å². The van der Waals surface area contributed by atoms with Crippen LogP contribution in [0.1, 0.15) is 65.2 Å². The fourth-order valence-corrected chi connectivity index (χ4v) is 4.31. The Balaban J connectivity index is 2.06. The Bertz CT molecular complexity index is 273. The van der Waals surface area contributed by atoms with E-state index < -0.39 is 0 Å². The van der Waals surface area contributed by atoms with E-state index in [0.29, 0.717) is 5.92 Å². The van der Waals surface area contributed by atoms with Gasteiger partial charge in [-0.15, -0.1) is 0 Å². The molecule has 2 fully saturated rings. The van der Waals surface area contributed by atoms with Crippen molar-refractivity contribution >= 4 is 0 Å². The Hall–Kier alpha value is -0.0800. The molecule has 2 aliphatic rings. The highest BCUT2D eigenvalue weighted by Crippen LogP contribution is 2.43. The smallest absolute Gasteiger partial charge is 0.0751 e. The zero-order valence-electron chi connectivity index (χ0n) is 13.4. The van der Waals surface area contributed by atoms with Gasteiger partial charge in [-0.25, -0.2) is 0 Å². The number of hydrogen-bond donors (Lipinski definition) is 1. The van der Waals surface area contributed by atoms with Crippen LogP contribution in [0.25, 0.3) is 0 Å². The minimum atomic E-state index is -0.123. The van der Waals surface area contributed by atoms with Crippen molar-refractivity contribution in [3.63, 3.8) is 0 Å². The lowest BCUT2D eigenvalue weighted by atomic mass is 9.67. The summed E-state index contributed by atoms with van der Waals surface area (Å²) in [4.78, 5) is 2.33. The topological polar surface area (TPSA) is 23.5 Å². The highest BCUT2D eigenvalue weighted by Gasteiger charge is 2.45. The SMILES string of the molecule is CC1CCC(C(O)C2(N(C)C)CCC(C)CC2)CC1. The Morgan fingerprint density at radius 2 is 1.37 bits per heavy atom. The highest BCUT2D eigenvalue weighted by atomic mass is 16.3. The van der Waals surface area contributed by atoms with E-state index in [1.165, 1.54) is 51.4 Å². The van der Waals surface area contributed by atoms with Gasteiger partial charge in [0.1, 0.15) is 0 Å². The van der Waals surface area contributed by atoms with Gasteiger partial charge >= 0.3 is 0 Å². The molecule has 1 N–H and O–H groups in total. The van der Waals surface area contributed by atoms with E-state index in [-0.39, 0.29) is 11.6 Å². The number of nitrogens with zero attached hydrogens (tertiary/aromatic N) is 1. The zero-order valence-corrected chi connectivity index (χ0v) is 13.4. The molecule has 0 aromatic carbocycles. The average molecular weight is 267 g/mol. The lowest BCUT2D eigenvalue weighted by Crippen LogP contribution is -2.58. The van der Waals surface area contributed by atoms with Crippen LogP contribution < -0.4 is 0 Å². The number of rotatable bonds is 3. The molecule has 0 aliphatic heterocycles. The number of likely N-dealkylation sites (N-methyl/N-ethyl adjacent to an activating group) is 1. The first-order chi connectivity index (χ1) is 8.95. The Labute approximate surface area is 119 Å². The fourth-order valence-electron chi connectivity index (χ4n) is 4.31. The molecule has 0 aromatic rings. The summed E-state index contributed by atoms with van der Waals surface area (Å²) in [6, 6.07) is 0. The molecule has 2 nitrogen and oxygen atoms in total. The van der Waals surface area contributed by atoms with Gasteiger partial charge < -0.3 is 10.0 Å². The van der Waals surface area contributed by atoms with E-state index in [1.54, 1.807) is 0 Å². The largest absolute Gasteiger partial charge is 0.391 e. The maximum absolute atomic E-state index is 11.1. The second-order valence-electron chi connectivity index (χ2n) is 7.65. The minimum absolute atomic E-state index is 0.0533. The summed E-state index contributed by atoms with van der Waals surface area (Å²) in [5, 5.41) is 11.1. The van der Waals surface area contributed by atoms with Gasteiger partial charge in [0.15, 0.2) is 0 Å². The van der Waals surface area contributed by atoms with Gasteiger partial charge in [-0.05, 0) is 70.4 Å². The minimum Gasteiger partial charge on any atom is -0.391 e. The van der Waals surface area contributed by atoms with Gasteiger partial charge in [-0.2, -0.15) is 0 Å². The monoisotopic (exact) mass is 267 g/mol. The van der Waals surface area contributed by atoms with Crippen LogP contribution in [0.5, 0.6) is 0 Å². The van der Waals surface area contributed by atoms with Gasteiger partial charge in [-0.1, -0.05) is 26.7 Å². The van der Waals surface area contributed by atoms with Crippen LogP contribution in [0.15, 0.2) is 0 Å². The van der Waals surface area contributed by atoms with Crippen LogP contribution in [-0.2, 0) is 0 Å². The summed E-state index contributed by atoms with van der Waals surface area (Å²) < 4.78 is 0. The van der Waals surface area contributed by atoms with Crippen molar-refractivity contribution in [1.82, 2.24) is 4.90 Å². The molecule has 0 radical (unpaired) electrons. The van der Waals surface area contributed by atoms with Crippen LogP contribution in [0, 0.1) is 17.8 Å². The summed E-state index contributed by atoms with van der Waals surface area (Å²) in [7, 11) is 4.34. The molecule has 2 heteroatoms. The molecule has 0 heterocycles. The highest BCUT2D eigenvalue weighted by molar-refractivity contribution is 5.00. The summed E-state index contributed by atoms with van der Waals surface area (Å²) in [6.45, 7) is 4.71. The Morgan fingerprint density at radius 1 is 0.895 bits per heavy atom. The van der Waals surface area contributed by atoms with Crippen LogP contribution in [-0.4, -0.2) is 35.7 Å². The van der Waals surface area contributed by atoms with Crippen molar-refractivity contribution in [2.75, 3.05) is 14.1 Å². The summed E-state index contributed by atoms with van der Waals surface area (Å²) in [5.74, 6) is 2.24. The third kappa shape index (κ3) is 3.16. The number of hydrogen-bond acceptors (Lipinski definition) is 2. The molecule has 2 rings (SSSR count). The van der Waals surface area contributed by atoms with Crippen LogP contribution >= 0.6 is 0 Å². The van der Waals surface area contributed by atoms with Crippen LogP contribution in [0.4, 0.5) is 0 Å². The fraction of sp³-hybridized carbons (Fsp3) is 1.00. The van der Waals surface area contributed by atoms with E-state index >= 15 is 0 Å². The van der Waals surface area contributed by atoms with E-state index in [0.717, 1.165) is 11.8 Å². The predicted octanol–water partition coefficient (Wildman–Crippen LogP) is 3.68. The van der Waals surface area contributed by atoms with Crippen molar-refractivity contribution in [3.8, 4) is 0 Å². The molecule has 1 atom stereocenters. The molecule has 0 spiro atoms. The van der Waals surface area contributed by atoms with E-state index in [9.17, 15) is 5.11 Å². The second-order valence-corrected chi connectivity index (χ2v) is 7.65. The molecule has 0 aromatic heterocycles. The first-order valence-corrected chi connectivity index (χ1v) is 8.31. The molecule has 19 heavy (non-hydrogen) atoms.